The molecule has 1 amide bonds. The van der Waals surface area contributed by atoms with E-state index < -0.39 is 117 Å². The fraction of sp³-hybridized carbons (Fsp3) is 0.0625. The van der Waals surface area contributed by atoms with Gasteiger partial charge in [-0.25, -0.2) is 33.7 Å². The number of anilines is 2. The monoisotopic (exact) mass is 1010 g/mol. The normalized spacial score (nSPS) is 12.5. The summed E-state index contributed by atoms with van der Waals surface area (Å²) in [5, 5.41) is 34.3. The summed E-state index contributed by atoms with van der Waals surface area (Å²) in [4.78, 5) is 19.7. The molecule has 63 heavy (non-hydrogen) atoms. The molecule has 0 aliphatic carbocycles. The maximum atomic E-state index is 12.6. The fourth-order valence-electron chi connectivity index (χ4n) is 5.01. The Morgan fingerprint density at radius 1 is 0.635 bits per heavy atom. The van der Waals surface area contributed by atoms with Crippen molar-refractivity contribution in [1.29, 1.82) is 0 Å². The van der Waals surface area contributed by atoms with Gasteiger partial charge in [0.2, 0.25) is 6.04 Å². The van der Waals surface area contributed by atoms with E-state index in [4.69, 9.17) is 5.73 Å². The minimum Gasteiger partial charge on any atom is -0.744 e. The molecule has 0 aromatic heterocycles. The van der Waals surface area contributed by atoms with E-state index in [0.717, 1.165) is 6.92 Å². The van der Waals surface area contributed by atoms with Gasteiger partial charge in [0.15, 0.2) is 11.5 Å². The van der Waals surface area contributed by atoms with Gasteiger partial charge in [-0.05, 0) is 79.0 Å². The maximum absolute atomic E-state index is 12.6. The number of nitrogen functional groups attached to an aromatic ring is 1. The summed E-state index contributed by atoms with van der Waals surface area (Å²) < 4.78 is 144. The number of phenolic OH excluding ortho intramolecular Hbond substituents is 1. The number of nitrogens with one attached hydrogen (secondary N) is 1. The van der Waals surface area contributed by atoms with Gasteiger partial charge in [-0.1, -0.05) is 18.2 Å². The number of Topliss-reactive ketones (excluding diaryl/α,β-unsaturated/α-hetero) is 1. The van der Waals surface area contributed by atoms with Gasteiger partial charge >= 0.3 is 162 Å². The largest absolute Gasteiger partial charge is 1.00 e. The number of phenols is 1. The van der Waals surface area contributed by atoms with E-state index in [1.54, 1.807) is 30.3 Å². The first-order valence-corrected chi connectivity index (χ1v) is 21.3. The van der Waals surface area contributed by atoms with Crippen molar-refractivity contribution in [3.63, 3.8) is 0 Å². The number of azo groups is 3. The van der Waals surface area contributed by atoms with E-state index in [2.05, 4.69) is 36.0 Å². The van der Waals surface area contributed by atoms with Crippen LogP contribution in [0.2, 0.25) is 0 Å². The van der Waals surface area contributed by atoms with Gasteiger partial charge in [0.1, 0.15) is 57.5 Å². The molecule has 308 valence electrons. The van der Waals surface area contributed by atoms with Gasteiger partial charge in [0.05, 0.1) is 42.0 Å². The summed E-state index contributed by atoms with van der Waals surface area (Å²) in [5.41, 5.74) is 2.33. The van der Waals surface area contributed by atoms with E-state index in [-0.39, 0.29) is 179 Å². The van der Waals surface area contributed by atoms with Crippen molar-refractivity contribution in [1.82, 2.24) is 0 Å². The number of hydrogen-bond acceptors (Lipinski definition) is 22. The van der Waals surface area contributed by atoms with Crippen LogP contribution in [-0.4, -0.2) is 74.7 Å². The number of carbonyl (C=O) groups excluding carboxylic acids is 2. The Kier molecular flexibility index (Phi) is 23.0. The van der Waals surface area contributed by atoms with Crippen LogP contribution >= 0.6 is 0 Å². The van der Waals surface area contributed by atoms with Gasteiger partial charge in [0, 0.05) is 5.69 Å². The molecule has 0 spiro atoms. The van der Waals surface area contributed by atoms with Crippen molar-refractivity contribution in [2.75, 3.05) is 11.1 Å². The van der Waals surface area contributed by atoms with Gasteiger partial charge in [-0.15, -0.1) is 15.3 Å². The zero-order chi connectivity index (χ0) is 43.7. The third kappa shape index (κ3) is 15.4. The molecular weight excluding hydrogens is 989 g/mol. The Bertz CT molecular complexity index is 3110. The molecule has 23 nitrogen and oxygen atoms in total. The average Bonchev–Trinajstić information content (AvgIpc) is 3.13. The van der Waals surface area contributed by atoms with E-state index in [0.29, 0.717) is 30.0 Å². The van der Waals surface area contributed by atoms with Gasteiger partial charge < -0.3 is 34.4 Å². The van der Waals surface area contributed by atoms with Crippen LogP contribution in [0.4, 0.5) is 39.8 Å². The van der Waals surface area contributed by atoms with Crippen molar-refractivity contribution in [3.05, 3.63) is 84.9 Å². The Morgan fingerprint density at radius 3 is 1.62 bits per heavy atom. The number of ketones is 1. The second-order valence-corrected chi connectivity index (χ2v) is 17.2. The van der Waals surface area contributed by atoms with Crippen molar-refractivity contribution in [2.24, 2.45) is 30.7 Å². The molecule has 1 unspecified atom stereocenters. The second kappa shape index (κ2) is 24.2. The maximum Gasteiger partial charge on any atom is 1.00 e. The smallest absolute Gasteiger partial charge is 0.744 e. The second-order valence-electron chi connectivity index (χ2n) is 11.8. The van der Waals surface area contributed by atoms with Crippen LogP contribution in [-0.2, 0) is 50.1 Å². The molecule has 0 saturated heterocycles. The summed E-state index contributed by atoms with van der Waals surface area (Å²) in [6.07, 6.45) is 0. The number of amides is 1. The molecule has 5 aromatic rings. The molecular formula is C32H22K2N8Na2O15S4. The quantitative estimate of drug-likeness (QED) is 0.0324. The molecule has 31 heteroatoms. The Labute approximate surface area is 487 Å². The molecule has 0 saturated carbocycles. The number of nitrogens with zero attached hydrogens (tertiary/aromatic N) is 6. The topological polar surface area (TPSA) is 395 Å². The first-order valence-electron chi connectivity index (χ1n) is 15.7. The fourth-order valence-corrected chi connectivity index (χ4v) is 7.39. The van der Waals surface area contributed by atoms with Crippen LogP contribution in [0.1, 0.15) is 6.92 Å². The zero-order valence-corrected chi connectivity index (χ0v) is 46.7. The first-order chi connectivity index (χ1) is 27.4. The van der Waals surface area contributed by atoms with E-state index in [1.807, 2.05) is 0 Å². The van der Waals surface area contributed by atoms with Crippen LogP contribution < -0.4 is 173 Å². The van der Waals surface area contributed by atoms with Gasteiger partial charge in [-0.3, -0.25) is 9.59 Å². The van der Waals surface area contributed by atoms with Crippen molar-refractivity contribution in [2.45, 2.75) is 32.5 Å². The molecule has 0 aliphatic heterocycles. The Hall–Kier alpha value is -1.19. The van der Waals surface area contributed by atoms with Crippen molar-refractivity contribution in [3.8, 4) is 5.75 Å². The minimum atomic E-state index is -5.72. The Balaban J connectivity index is 0.00000496. The molecule has 0 heterocycles. The predicted molar refractivity (Wildman–Crippen MR) is 197 cm³/mol. The molecule has 5 aromatic carbocycles. The van der Waals surface area contributed by atoms with Gasteiger partial charge in [-0.2, -0.15) is 15.3 Å². The van der Waals surface area contributed by atoms with Crippen LogP contribution in [0.25, 0.3) is 10.8 Å². The number of aromatic hydroxyl groups is 1. The molecule has 4 N–H and O–H groups in total. The van der Waals surface area contributed by atoms with Crippen LogP contribution in [0.5, 0.6) is 5.75 Å². The summed E-state index contributed by atoms with van der Waals surface area (Å²) in [6.45, 7) is 1.13. The average molecular weight is 1010 g/mol. The number of hydrogen-bond donors (Lipinski definition) is 3. The number of benzene rings is 5. The molecule has 0 fully saturated rings. The summed E-state index contributed by atoms with van der Waals surface area (Å²) in [5.74, 6) is -2.74. The van der Waals surface area contributed by atoms with Crippen molar-refractivity contribution >= 4 is 103 Å². The number of carbonyl (C=O) groups is 2. The number of nitrogens with two attached hydrogens (primary N) is 1. The van der Waals surface area contributed by atoms with Crippen LogP contribution in [0, 0.1) is 0 Å². The molecule has 0 aliphatic rings. The SMILES string of the molecule is CC(=O)C(N=Nc1ccc(N=Nc2c(S(=O)(=O)[O-])cc3cc(S(=O)(=O)[O-])c(N=Nc4cc(S(=O)(=O)[O-])ccc4S(=O)(=O)[O-])c(O)c3c2N)cc1)C(=O)Nc1ccccc1.[K+].[K+].[Na+].[Na+]. The minimum absolute atomic E-state index is 0. The third-order valence-electron chi connectivity index (χ3n) is 7.68. The predicted octanol–water partition coefficient (Wildman–Crippen LogP) is -7.73. The Morgan fingerprint density at radius 2 is 1.13 bits per heavy atom. The molecule has 0 bridgehead atoms. The zero-order valence-electron chi connectivity index (χ0n) is 33.2. The van der Waals surface area contributed by atoms with Crippen LogP contribution in [0.3, 0.4) is 0 Å². The van der Waals surface area contributed by atoms with Crippen molar-refractivity contribution < 1.29 is 228 Å². The summed E-state index contributed by atoms with van der Waals surface area (Å²) >= 11 is 0. The molecule has 0 radical (unpaired) electrons. The number of fused-ring (bicyclic) bond motifs is 1. The van der Waals surface area contributed by atoms with E-state index >= 15 is 0 Å². The van der Waals surface area contributed by atoms with E-state index in [9.17, 15) is 66.6 Å². The molecule has 5 rings (SSSR count). The summed E-state index contributed by atoms with van der Waals surface area (Å²) in [7, 11) is -22.0. The summed E-state index contributed by atoms with van der Waals surface area (Å²) in [6, 6.07) is 13.8. The third-order valence-corrected chi connectivity index (χ3v) is 11.1. The van der Waals surface area contributed by atoms with Gasteiger partial charge in [0.25, 0.3) is 5.91 Å². The number of rotatable bonds is 13. The molecule has 1 atom stereocenters. The number of para-hydroxylation sites is 1. The standard InChI is InChI=1S/C32H26N8O15S4.2K.2Na/c1-16(41)28(32(43)34-18-5-3-2-4-6-18)38-35-19-7-9-20(10-8-19)36-39-29-24(58(50,51)52)13-17-14-25(59(53,54)55)30(31(42)26(17)27(29)33)40-37-22-15-21(56(44,45)46)11-12-23(22)57(47,48)49;;;;/h2-15,28,42H,33H2,1H3,(H,34,43)(H,44,45,46)(H,47,48,49)(H,50,51,52)(H,53,54,55);;;;/q;4*+1/p-4. The van der Waals surface area contributed by atoms with E-state index in [1.165, 1.54) is 24.3 Å². The first kappa shape index (κ1) is 59.8. The van der Waals surface area contributed by atoms with Crippen LogP contribution in [0.15, 0.2) is 135 Å².